The molecule has 0 saturated carbocycles. The van der Waals surface area contributed by atoms with Crippen LogP contribution in [-0.2, 0) is 11.8 Å². The number of ether oxygens (including phenoxy) is 1. The third-order valence-electron chi connectivity index (χ3n) is 5.02. The van der Waals surface area contributed by atoms with Gasteiger partial charge in [-0.2, -0.15) is 4.98 Å². The summed E-state index contributed by atoms with van der Waals surface area (Å²) in [7, 11) is 1.75. The Morgan fingerprint density at radius 2 is 1.67 bits per heavy atom. The van der Waals surface area contributed by atoms with Crippen molar-refractivity contribution < 1.29 is 4.74 Å². The SMILES string of the molecule is Cc1cc(N2CCOCC2)nc(N2CCN(c3nccn(C)c3=O)CC2)n1. The summed E-state index contributed by atoms with van der Waals surface area (Å²) in [6.45, 7) is 8.12. The molecule has 27 heavy (non-hydrogen) atoms. The maximum atomic E-state index is 12.3. The highest BCUT2D eigenvalue weighted by Crippen LogP contribution is 2.20. The van der Waals surface area contributed by atoms with Crippen LogP contribution in [0.1, 0.15) is 5.69 Å². The Balaban J connectivity index is 1.48. The lowest BCUT2D eigenvalue weighted by atomic mass is 10.3. The van der Waals surface area contributed by atoms with Gasteiger partial charge in [0.05, 0.1) is 13.2 Å². The number of hydrogen-bond donors (Lipinski definition) is 0. The van der Waals surface area contributed by atoms with Crippen molar-refractivity contribution in [2.24, 2.45) is 7.05 Å². The van der Waals surface area contributed by atoms with Crippen LogP contribution in [0.4, 0.5) is 17.6 Å². The Hall–Kier alpha value is -2.68. The Morgan fingerprint density at radius 1 is 0.963 bits per heavy atom. The maximum Gasteiger partial charge on any atom is 0.293 e. The van der Waals surface area contributed by atoms with Crippen LogP contribution >= 0.6 is 0 Å². The van der Waals surface area contributed by atoms with Gasteiger partial charge < -0.3 is 24.0 Å². The number of nitrogens with zero attached hydrogens (tertiary/aromatic N) is 7. The van der Waals surface area contributed by atoms with Gasteiger partial charge >= 0.3 is 0 Å². The van der Waals surface area contributed by atoms with E-state index in [9.17, 15) is 4.79 Å². The Bertz CT molecular complexity index is 855. The van der Waals surface area contributed by atoms with Crippen molar-refractivity contribution in [3.05, 3.63) is 34.5 Å². The molecule has 0 bridgehead atoms. The second-order valence-electron chi connectivity index (χ2n) is 6.91. The van der Waals surface area contributed by atoms with E-state index in [0.717, 1.165) is 69.9 Å². The standard InChI is InChI=1S/C18H25N7O2/c1-14-13-15(23-9-11-27-12-10-23)21-18(20-14)25-7-5-24(6-8-25)16-17(26)22(2)4-3-19-16/h3-4,13H,5-12H2,1-2H3. The summed E-state index contributed by atoms with van der Waals surface area (Å²) in [5.74, 6) is 2.23. The summed E-state index contributed by atoms with van der Waals surface area (Å²) < 4.78 is 7.00. The van der Waals surface area contributed by atoms with Gasteiger partial charge in [-0.05, 0) is 6.92 Å². The van der Waals surface area contributed by atoms with Gasteiger partial charge in [0.15, 0.2) is 5.82 Å². The number of morpholine rings is 1. The van der Waals surface area contributed by atoms with Crippen LogP contribution in [0.2, 0.25) is 0 Å². The van der Waals surface area contributed by atoms with E-state index in [2.05, 4.69) is 19.8 Å². The summed E-state index contributed by atoms with van der Waals surface area (Å²) in [5.41, 5.74) is 0.898. The minimum Gasteiger partial charge on any atom is -0.378 e. The van der Waals surface area contributed by atoms with E-state index in [1.165, 1.54) is 0 Å². The zero-order valence-electron chi connectivity index (χ0n) is 15.8. The molecule has 4 heterocycles. The first-order valence-corrected chi connectivity index (χ1v) is 9.32. The molecule has 0 amide bonds. The lowest BCUT2D eigenvalue weighted by Gasteiger charge is -2.35. The molecule has 2 aromatic rings. The average Bonchev–Trinajstić information content (AvgIpc) is 2.70. The number of anilines is 3. The summed E-state index contributed by atoms with van der Waals surface area (Å²) in [4.78, 5) is 32.5. The maximum absolute atomic E-state index is 12.3. The molecule has 2 aliphatic rings. The van der Waals surface area contributed by atoms with Crippen molar-refractivity contribution in [2.75, 3.05) is 67.2 Å². The fourth-order valence-electron chi connectivity index (χ4n) is 3.45. The van der Waals surface area contributed by atoms with Gasteiger partial charge in [-0.25, -0.2) is 9.97 Å². The van der Waals surface area contributed by atoms with Crippen molar-refractivity contribution >= 4 is 17.6 Å². The first kappa shape index (κ1) is 17.7. The first-order chi connectivity index (χ1) is 13.1. The van der Waals surface area contributed by atoms with Crippen LogP contribution in [0, 0.1) is 6.92 Å². The first-order valence-electron chi connectivity index (χ1n) is 9.32. The molecular weight excluding hydrogens is 346 g/mol. The van der Waals surface area contributed by atoms with E-state index < -0.39 is 0 Å². The molecule has 0 radical (unpaired) electrons. The molecule has 9 heteroatoms. The number of piperazine rings is 1. The second kappa shape index (κ2) is 7.51. The predicted molar refractivity (Wildman–Crippen MR) is 104 cm³/mol. The summed E-state index contributed by atoms with van der Waals surface area (Å²) in [6.07, 6.45) is 3.34. The highest BCUT2D eigenvalue weighted by Gasteiger charge is 2.23. The van der Waals surface area contributed by atoms with Crippen LogP contribution < -0.4 is 20.3 Å². The Labute approximate surface area is 158 Å². The fourth-order valence-corrected chi connectivity index (χ4v) is 3.45. The highest BCUT2D eigenvalue weighted by molar-refractivity contribution is 5.47. The average molecular weight is 371 g/mol. The summed E-state index contributed by atoms with van der Waals surface area (Å²) in [5, 5.41) is 0. The third kappa shape index (κ3) is 3.73. The van der Waals surface area contributed by atoms with Gasteiger partial charge in [-0.15, -0.1) is 0 Å². The van der Waals surface area contributed by atoms with Crippen LogP contribution in [0.25, 0.3) is 0 Å². The molecule has 0 unspecified atom stereocenters. The summed E-state index contributed by atoms with van der Waals surface area (Å²) in [6, 6.07) is 2.03. The van der Waals surface area contributed by atoms with Crippen LogP contribution in [0.3, 0.4) is 0 Å². The second-order valence-corrected chi connectivity index (χ2v) is 6.91. The zero-order chi connectivity index (χ0) is 18.8. The fraction of sp³-hybridized carbons (Fsp3) is 0.556. The van der Waals surface area contributed by atoms with Gasteiger partial charge in [-0.3, -0.25) is 4.79 Å². The van der Waals surface area contributed by atoms with Crippen molar-refractivity contribution in [1.82, 2.24) is 19.5 Å². The Kier molecular flexibility index (Phi) is 4.93. The zero-order valence-corrected chi connectivity index (χ0v) is 15.8. The molecular formula is C18H25N7O2. The molecule has 9 nitrogen and oxygen atoms in total. The molecule has 0 aromatic carbocycles. The predicted octanol–water partition coefficient (Wildman–Crippen LogP) is 0.0419. The molecule has 2 aliphatic heterocycles. The molecule has 0 atom stereocenters. The normalized spacial score (nSPS) is 18.1. The van der Waals surface area contributed by atoms with Crippen molar-refractivity contribution in [2.45, 2.75) is 6.92 Å². The van der Waals surface area contributed by atoms with Gasteiger partial charge in [0.1, 0.15) is 5.82 Å². The molecule has 144 valence electrons. The topological polar surface area (TPSA) is 79.6 Å². The van der Waals surface area contributed by atoms with E-state index in [0.29, 0.717) is 5.82 Å². The largest absolute Gasteiger partial charge is 0.378 e. The molecule has 2 aromatic heterocycles. The van der Waals surface area contributed by atoms with E-state index in [1.54, 1.807) is 24.0 Å². The van der Waals surface area contributed by atoms with Crippen LogP contribution in [0.15, 0.2) is 23.3 Å². The van der Waals surface area contributed by atoms with E-state index in [4.69, 9.17) is 9.72 Å². The molecule has 0 aliphatic carbocycles. The van der Waals surface area contributed by atoms with E-state index in [1.807, 2.05) is 17.9 Å². The molecule has 2 saturated heterocycles. The van der Waals surface area contributed by atoms with Gasteiger partial charge in [0.25, 0.3) is 5.56 Å². The van der Waals surface area contributed by atoms with E-state index >= 15 is 0 Å². The lowest BCUT2D eigenvalue weighted by molar-refractivity contribution is 0.122. The van der Waals surface area contributed by atoms with Crippen molar-refractivity contribution in [3.63, 3.8) is 0 Å². The number of rotatable bonds is 3. The minimum absolute atomic E-state index is 0.0626. The summed E-state index contributed by atoms with van der Waals surface area (Å²) >= 11 is 0. The van der Waals surface area contributed by atoms with Crippen molar-refractivity contribution in [3.8, 4) is 0 Å². The van der Waals surface area contributed by atoms with Crippen LogP contribution in [0.5, 0.6) is 0 Å². The van der Waals surface area contributed by atoms with Gasteiger partial charge in [-0.1, -0.05) is 0 Å². The van der Waals surface area contributed by atoms with E-state index in [-0.39, 0.29) is 5.56 Å². The third-order valence-corrected chi connectivity index (χ3v) is 5.02. The van der Waals surface area contributed by atoms with Crippen LogP contribution in [-0.4, -0.2) is 72.0 Å². The Morgan fingerprint density at radius 3 is 2.41 bits per heavy atom. The number of aryl methyl sites for hydroxylation is 2. The highest BCUT2D eigenvalue weighted by atomic mass is 16.5. The van der Waals surface area contributed by atoms with Crippen molar-refractivity contribution in [1.29, 1.82) is 0 Å². The number of aromatic nitrogens is 4. The molecule has 2 fully saturated rings. The number of hydrogen-bond acceptors (Lipinski definition) is 8. The monoisotopic (exact) mass is 371 g/mol. The van der Waals surface area contributed by atoms with Gasteiger partial charge in [0.2, 0.25) is 5.95 Å². The smallest absolute Gasteiger partial charge is 0.293 e. The minimum atomic E-state index is -0.0626. The lowest BCUT2D eigenvalue weighted by Crippen LogP contribution is -2.49. The quantitative estimate of drug-likeness (QED) is 0.748. The molecule has 4 rings (SSSR count). The van der Waals surface area contributed by atoms with Gasteiger partial charge in [0, 0.05) is 70.5 Å². The molecule has 0 spiro atoms. The molecule has 0 N–H and O–H groups in total.